The van der Waals surface area contributed by atoms with Crippen molar-refractivity contribution in [2.45, 2.75) is 71.8 Å². The van der Waals surface area contributed by atoms with Crippen LogP contribution in [0.3, 0.4) is 0 Å². The standard InChI is InChI=1S/C36H40BrN9O7/c1-18(2)30(42-35(51)52)34(50)40-17-36-11-26(33(49)43-32-22(16-53-5)7-9-28(37)41-32)46(27(36)12-36)29(48)15-45-25-8-6-21(23-13-38-20(4)39-14-23)10-24(25)31(44-45)19(3)47/h6-10,13-14,18,26-27,30,42H,11-12,15-17H2,1-5H3,(H,40,50)(H,51,52)(H,41,43,49)/t26-,27+,30?,36-/m0/s1. The van der Waals surface area contributed by atoms with Gasteiger partial charge in [0.05, 0.1) is 12.1 Å². The van der Waals surface area contributed by atoms with Crippen LogP contribution in [0.2, 0.25) is 0 Å². The first kappa shape index (κ1) is 37.5. The highest BCUT2D eigenvalue weighted by Gasteiger charge is 2.67. The summed E-state index contributed by atoms with van der Waals surface area (Å²) in [6, 6.07) is 6.63. The van der Waals surface area contributed by atoms with Crippen LogP contribution in [0.25, 0.3) is 22.0 Å². The molecule has 6 rings (SSSR count). The second kappa shape index (κ2) is 15.0. The number of amides is 4. The smallest absolute Gasteiger partial charge is 0.405 e. The van der Waals surface area contributed by atoms with E-state index >= 15 is 0 Å². The molecular weight excluding hydrogens is 750 g/mol. The molecule has 17 heteroatoms. The van der Waals surface area contributed by atoms with Gasteiger partial charge in [-0.2, -0.15) is 5.10 Å². The number of hydrogen-bond acceptors (Lipinski definition) is 10. The van der Waals surface area contributed by atoms with E-state index < -0.39 is 47.4 Å². The van der Waals surface area contributed by atoms with Gasteiger partial charge in [-0.05, 0) is 65.4 Å². The number of ketones is 1. The summed E-state index contributed by atoms with van der Waals surface area (Å²) < 4.78 is 7.26. The number of Topliss-reactive ketones (excluding diaryl/α,β-unsaturated/α-hetero) is 1. The SMILES string of the molecule is COCc1ccc(Br)nc1NC(=O)[C@@H]1C[C@@]2(CNC(=O)C(NC(=O)O)C(C)C)C[C@H]2N1C(=O)Cn1nc(C(C)=O)c2cc(-c3cnc(C)nc3)ccc21. The van der Waals surface area contributed by atoms with Crippen molar-refractivity contribution < 1.29 is 33.8 Å². The molecule has 4 amide bonds. The van der Waals surface area contributed by atoms with Crippen LogP contribution in [0.15, 0.2) is 47.3 Å². The third kappa shape index (κ3) is 7.76. The van der Waals surface area contributed by atoms with Gasteiger partial charge in [0.15, 0.2) is 5.78 Å². The van der Waals surface area contributed by atoms with E-state index in [2.05, 4.69) is 51.9 Å². The second-order valence-corrected chi connectivity index (χ2v) is 14.7. The topological polar surface area (TPSA) is 211 Å². The molecule has 1 aliphatic carbocycles. The van der Waals surface area contributed by atoms with Crippen molar-refractivity contribution in [2.75, 3.05) is 19.0 Å². The molecule has 4 heterocycles. The number of methoxy groups -OCH3 is 1. The fourth-order valence-electron chi connectivity index (χ4n) is 7.04. The average Bonchev–Trinajstić information content (AvgIpc) is 3.53. The molecule has 2 fully saturated rings. The van der Waals surface area contributed by atoms with Gasteiger partial charge in [0, 0.05) is 60.9 Å². The minimum atomic E-state index is -1.32. The molecule has 4 atom stereocenters. The summed E-state index contributed by atoms with van der Waals surface area (Å²) in [4.78, 5) is 80.2. The van der Waals surface area contributed by atoms with Gasteiger partial charge in [-0.25, -0.2) is 19.7 Å². The highest BCUT2D eigenvalue weighted by atomic mass is 79.9. The summed E-state index contributed by atoms with van der Waals surface area (Å²) >= 11 is 3.35. The Balaban J connectivity index is 1.29. The van der Waals surface area contributed by atoms with Crippen LogP contribution in [-0.4, -0.2) is 96.1 Å². The Labute approximate surface area is 313 Å². The van der Waals surface area contributed by atoms with Crippen molar-refractivity contribution in [1.29, 1.82) is 0 Å². The fourth-order valence-corrected chi connectivity index (χ4v) is 7.35. The summed E-state index contributed by atoms with van der Waals surface area (Å²) in [7, 11) is 1.53. The number of hydrogen-bond donors (Lipinski definition) is 4. The number of carbonyl (C=O) groups is 5. The Kier molecular flexibility index (Phi) is 10.6. The Morgan fingerprint density at radius 3 is 2.47 bits per heavy atom. The molecule has 2 aliphatic rings. The summed E-state index contributed by atoms with van der Waals surface area (Å²) in [5, 5.41) is 22.4. The molecule has 1 aliphatic heterocycles. The van der Waals surface area contributed by atoms with E-state index in [1.807, 2.05) is 12.1 Å². The van der Waals surface area contributed by atoms with E-state index in [1.165, 1.54) is 18.7 Å². The van der Waals surface area contributed by atoms with Crippen LogP contribution in [0, 0.1) is 18.3 Å². The van der Waals surface area contributed by atoms with Crippen molar-refractivity contribution in [3.63, 3.8) is 0 Å². The number of fused-ring (bicyclic) bond motifs is 2. The third-order valence-electron chi connectivity index (χ3n) is 9.82. The van der Waals surface area contributed by atoms with E-state index in [0.717, 1.165) is 11.1 Å². The molecule has 1 aromatic carbocycles. The van der Waals surface area contributed by atoms with Gasteiger partial charge >= 0.3 is 6.09 Å². The van der Waals surface area contributed by atoms with Crippen LogP contribution in [-0.2, 0) is 32.3 Å². The van der Waals surface area contributed by atoms with Crippen molar-refractivity contribution in [3.05, 3.63) is 64.4 Å². The highest BCUT2D eigenvalue weighted by molar-refractivity contribution is 9.10. The molecule has 0 bridgehead atoms. The van der Waals surface area contributed by atoms with Gasteiger partial charge in [0.2, 0.25) is 17.7 Å². The lowest BCUT2D eigenvalue weighted by Gasteiger charge is -2.27. The fraction of sp³-hybridized carbons (Fsp3) is 0.417. The first-order chi connectivity index (χ1) is 25.2. The molecular formula is C36H40BrN9O7. The highest BCUT2D eigenvalue weighted by Crippen LogP contribution is 2.59. The summed E-state index contributed by atoms with van der Waals surface area (Å²) in [5.74, 6) is -1.05. The van der Waals surface area contributed by atoms with Crippen LogP contribution in [0.1, 0.15) is 55.5 Å². The van der Waals surface area contributed by atoms with Gasteiger partial charge in [-0.3, -0.25) is 23.9 Å². The minimum Gasteiger partial charge on any atom is -0.465 e. The number of likely N-dealkylation sites (tertiary alicyclic amines) is 1. The normalized spacial score (nSPS) is 19.5. The van der Waals surface area contributed by atoms with E-state index in [4.69, 9.17) is 4.74 Å². The molecule has 4 N–H and O–H groups in total. The number of halogens is 1. The molecule has 1 saturated carbocycles. The molecule has 16 nitrogen and oxygen atoms in total. The number of anilines is 1. The number of ether oxygens (including phenoxy) is 1. The maximum atomic E-state index is 14.4. The zero-order chi connectivity index (χ0) is 38.2. The molecule has 53 heavy (non-hydrogen) atoms. The Bertz CT molecular complexity index is 2100. The summed E-state index contributed by atoms with van der Waals surface area (Å²) in [6.07, 6.45) is 2.83. The van der Waals surface area contributed by atoms with Gasteiger partial charge in [-0.15, -0.1) is 0 Å². The number of nitrogens with zero attached hydrogens (tertiary/aromatic N) is 6. The van der Waals surface area contributed by atoms with Gasteiger partial charge in [-0.1, -0.05) is 26.0 Å². The number of piperidine rings is 1. The lowest BCUT2D eigenvalue weighted by atomic mass is 9.98. The molecule has 0 radical (unpaired) electrons. The molecule has 0 spiro atoms. The Morgan fingerprint density at radius 1 is 1.08 bits per heavy atom. The number of carbonyl (C=O) groups excluding carboxylic acids is 4. The first-order valence-corrected chi connectivity index (χ1v) is 17.8. The predicted octanol–water partition coefficient (Wildman–Crippen LogP) is 3.71. The number of benzene rings is 1. The lowest BCUT2D eigenvalue weighted by molar-refractivity contribution is -0.138. The Morgan fingerprint density at radius 2 is 1.81 bits per heavy atom. The van der Waals surface area contributed by atoms with Crippen LogP contribution < -0.4 is 16.0 Å². The third-order valence-corrected chi connectivity index (χ3v) is 10.3. The largest absolute Gasteiger partial charge is 0.465 e. The van der Waals surface area contributed by atoms with Crippen LogP contribution in [0.4, 0.5) is 10.6 Å². The van der Waals surface area contributed by atoms with Crippen LogP contribution in [0.5, 0.6) is 0 Å². The quantitative estimate of drug-likeness (QED) is 0.113. The zero-order valence-electron chi connectivity index (χ0n) is 29.8. The average molecular weight is 791 g/mol. The van der Waals surface area contributed by atoms with Crippen molar-refractivity contribution in [3.8, 4) is 11.1 Å². The second-order valence-electron chi connectivity index (χ2n) is 13.9. The summed E-state index contributed by atoms with van der Waals surface area (Å²) in [6.45, 7) is 6.72. The van der Waals surface area contributed by atoms with E-state index in [0.29, 0.717) is 33.3 Å². The summed E-state index contributed by atoms with van der Waals surface area (Å²) in [5.41, 5.74) is 2.30. The number of aryl methyl sites for hydroxylation is 1. The van der Waals surface area contributed by atoms with E-state index in [1.54, 1.807) is 56.3 Å². The molecule has 1 saturated heterocycles. The maximum Gasteiger partial charge on any atom is 0.405 e. The van der Waals surface area contributed by atoms with E-state index in [-0.39, 0.29) is 49.3 Å². The van der Waals surface area contributed by atoms with Gasteiger partial charge < -0.3 is 30.7 Å². The predicted molar refractivity (Wildman–Crippen MR) is 196 cm³/mol. The monoisotopic (exact) mass is 789 g/mol. The molecule has 3 aromatic heterocycles. The zero-order valence-corrected chi connectivity index (χ0v) is 31.4. The van der Waals surface area contributed by atoms with Crippen molar-refractivity contribution >= 4 is 62.2 Å². The maximum absolute atomic E-state index is 14.4. The minimum absolute atomic E-state index is 0.128. The molecule has 1 unspecified atom stereocenters. The number of rotatable bonds is 13. The number of aromatic nitrogens is 5. The van der Waals surface area contributed by atoms with Crippen molar-refractivity contribution in [1.82, 2.24) is 40.3 Å². The van der Waals surface area contributed by atoms with Gasteiger partial charge in [0.25, 0.3) is 0 Å². The van der Waals surface area contributed by atoms with Crippen LogP contribution >= 0.6 is 15.9 Å². The number of nitrogens with one attached hydrogen (secondary N) is 3. The van der Waals surface area contributed by atoms with Gasteiger partial charge in [0.1, 0.15) is 40.6 Å². The lowest BCUT2D eigenvalue weighted by Crippen LogP contribution is -2.50. The first-order valence-electron chi connectivity index (χ1n) is 17.1. The molecule has 4 aromatic rings. The molecule has 278 valence electrons. The Hall–Kier alpha value is -5.29. The number of carboxylic acid groups (broad SMARTS) is 1. The van der Waals surface area contributed by atoms with E-state index in [9.17, 15) is 29.1 Å². The number of pyridine rings is 1. The van der Waals surface area contributed by atoms with Crippen molar-refractivity contribution in [2.24, 2.45) is 11.3 Å².